The number of nitrogens with one attached hydrogen (secondary N) is 3. The van der Waals surface area contributed by atoms with Crippen LogP contribution < -0.4 is 16.0 Å². The third-order valence-electron chi connectivity index (χ3n) is 9.47. The molecule has 4 N–H and O–H groups in total. The number of carbonyl (C=O) groups excluding carboxylic acids is 3. The van der Waals surface area contributed by atoms with Gasteiger partial charge in [-0.1, -0.05) is 49.6 Å². The van der Waals surface area contributed by atoms with E-state index in [1.165, 1.54) is 13.8 Å². The van der Waals surface area contributed by atoms with Gasteiger partial charge in [-0.05, 0) is 78.2 Å². The molecule has 260 valence electrons. The molecule has 0 radical (unpaired) electrons. The number of fused-ring (bicyclic) bond motifs is 1. The number of aliphatic hydroxyl groups excluding tert-OH is 1. The lowest BCUT2D eigenvalue weighted by molar-refractivity contribution is -0.134. The van der Waals surface area contributed by atoms with Crippen LogP contribution in [0, 0.1) is 11.8 Å². The Balaban J connectivity index is 1.91. The molecule has 1 aliphatic heterocycles. The first-order valence-electron chi connectivity index (χ1n) is 16.6. The van der Waals surface area contributed by atoms with E-state index in [0.29, 0.717) is 24.8 Å². The number of nitrogens with zero attached hydrogens (tertiary/aromatic N) is 1. The fourth-order valence-corrected chi connectivity index (χ4v) is 7.17. The van der Waals surface area contributed by atoms with Crippen LogP contribution in [0.5, 0.6) is 0 Å². The molecule has 6 atom stereocenters. The first-order chi connectivity index (χ1) is 21.4. The molecule has 1 heterocycles. The Morgan fingerprint density at radius 3 is 2.24 bits per heavy atom. The van der Waals surface area contributed by atoms with Gasteiger partial charge in [-0.25, -0.2) is 8.42 Å². The highest BCUT2D eigenvalue weighted by atomic mass is 32.2. The van der Waals surface area contributed by atoms with Crippen LogP contribution in [0.3, 0.4) is 0 Å². The number of amides is 3. The monoisotopic (exact) mass is 664 g/mol. The Morgan fingerprint density at radius 1 is 1.02 bits per heavy atom. The van der Waals surface area contributed by atoms with E-state index in [2.05, 4.69) is 20.9 Å². The van der Waals surface area contributed by atoms with Crippen molar-refractivity contribution >= 4 is 27.6 Å². The summed E-state index contributed by atoms with van der Waals surface area (Å²) in [4.78, 5) is 42.3. The molecular weight excluding hydrogens is 608 g/mol. The summed E-state index contributed by atoms with van der Waals surface area (Å²) in [6.07, 6.45) is 5.38. The van der Waals surface area contributed by atoms with Gasteiger partial charge >= 0.3 is 0 Å². The molecule has 2 unspecified atom stereocenters. The summed E-state index contributed by atoms with van der Waals surface area (Å²) in [5.41, 5.74) is 0.446. The quantitative estimate of drug-likeness (QED) is 0.236. The number of benzene rings is 1. The number of sulfone groups is 1. The van der Waals surface area contributed by atoms with Crippen molar-refractivity contribution in [1.29, 1.82) is 0 Å². The maximum absolute atomic E-state index is 13.9. The Labute approximate surface area is 275 Å². The highest BCUT2D eigenvalue weighted by Crippen LogP contribution is 2.39. The third kappa shape index (κ3) is 10.5. The summed E-state index contributed by atoms with van der Waals surface area (Å²) in [6.45, 7) is 11.1. The van der Waals surface area contributed by atoms with Gasteiger partial charge in [0.1, 0.15) is 12.6 Å². The van der Waals surface area contributed by atoms with Crippen molar-refractivity contribution in [2.24, 2.45) is 11.8 Å². The largest absolute Gasteiger partial charge is 0.390 e. The SMILES string of the molecule is CCOCC(=O)N[C@H](C(=O)N[C@@H](Cc1ccccc1)[C@H](O)CN1CC2CCCCC2C[C@H]1C(=O)NC(C)(C)C)C(C)(C)S(C)(=O)=O. The van der Waals surface area contributed by atoms with Crippen LogP contribution in [0.1, 0.15) is 79.2 Å². The van der Waals surface area contributed by atoms with Gasteiger partial charge < -0.3 is 25.8 Å². The highest BCUT2D eigenvalue weighted by molar-refractivity contribution is 7.92. The lowest BCUT2D eigenvalue weighted by Gasteiger charge is -2.47. The molecule has 1 saturated heterocycles. The molecule has 2 fully saturated rings. The molecule has 1 saturated carbocycles. The molecule has 11 nitrogen and oxygen atoms in total. The van der Waals surface area contributed by atoms with Crippen LogP contribution in [-0.4, -0.2) is 103 Å². The molecule has 1 aromatic carbocycles. The van der Waals surface area contributed by atoms with Crippen molar-refractivity contribution in [3.8, 4) is 0 Å². The van der Waals surface area contributed by atoms with Gasteiger partial charge in [0.05, 0.1) is 22.9 Å². The topological polar surface area (TPSA) is 154 Å². The van der Waals surface area contributed by atoms with Gasteiger partial charge in [0.2, 0.25) is 17.7 Å². The van der Waals surface area contributed by atoms with Crippen molar-refractivity contribution in [1.82, 2.24) is 20.9 Å². The Hall–Kier alpha value is -2.54. The summed E-state index contributed by atoms with van der Waals surface area (Å²) in [5, 5.41) is 20.4. The van der Waals surface area contributed by atoms with E-state index in [1.807, 2.05) is 51.1 Å². The third-order valence-corrected chi connectivity index (χ3v) is 11.6. The number of β-amino-alcohol motifs (C(OH)–C–C–N with tert-alkyl or cyclic N) is 1. The maximum Gasteiger partial charge on any atom is 0.246 e. The lowest BCUT2D eigenvalue weighted by Crippen LogP contribution is -2.64. The van der Waals surface area contributed by atoms with Crippen molar-refractivity contribution in [3.05, 3.63) is 35.9 Å². The molecular formula is C34H56N4O7S. The van der Waals surface area contributed by atoms with E-state index in [-0.39, 0.29) is 32.1 Å². The molecule has 2 aliphatic rings. The van der Waals surface area contributed by atoms with Crippen LogP contribution in [0.4, 0.5) is 0 Å². The molecule has 1 aromatic rings. The molecule has 12 heteroatoms. The first-order valence-corrected chi connectivity index (χ1v) is 18.5. The zero-order chi connectivity index (χ0) is 34.3. The second kappa shape index (κ2) is 16.0. The predicted molar refractivity (Wildman–Crippen MR) is 179 cm³/mol. The highest BCUT2D eigenvalue weighted by Gasteiger charge is 2.46. The zero-order valence-corrected chi connectivity index (χ0v) is 29.5. The van der Waals surface area contributed by atoms with Gasteiger partial charge in [0.25, 0.3) is 0 Å². The lowest BCUT2D eigenvalue weighted by atomic mass is 9.72. The number of hydrogen-bond acceptors (Lipinski definition) is 8. The van der Waals surface area contributed by atoms with Crippen molar-refractivity contribution in [3.63, 3.8) is 0 Å². The average Bonchev–Trinajstić information content (AvgIpc) is 2.97. The van der Waals surface area contributed by atoms with E-state index in [0.717, 1.165) is 37.5 Å². The number of carbonyl (C=O) groups is 3. The molecule has 0 aromatic heterocycles. The molecule has 0 spiro atoms. The summed E-state index contributed by atoms with van der Waals surface area (Å²) < 4.78 is 29.2. The van der Waals surface area contributed by atoms with Crippen LogP contribution >= 0.6 is 0 Å². The minimum Gasteiger partial charge on any atom is -0.390 e. The number of likely N-dealkylation sites (tertiary alicyclic amines) is 1. The molecule has 46 heavy (non-hydrogen) atoms. The smallest absolute Gasteiger partial charge is 0.246 e. The minimum atomic E-state index is -3.83. The van der Waals surface area contributed by atoms with Gasteiger partial charge in [-0.15, -0.1) is 0 Å². The average molecular weight is 665 g/mol. The van der Waals surface area contributed by atoms with Crippen LogP contribution in [0.15, 0.2) is 30.3 Å². The molecule has 0 bridgehead atoms. The molecule has 1 aliphatic carbocycles. The first kappa shape index (κ1) is 37.9. The van der Waals surface area contributed by atoms with Gasteiger partial charge in [-0.3, -0.25) is 19.3 Å². The molecule has 3 amide bonds. The van der Waals surface area contributed by atoms with Gasteiger partial charge in [0.15, 0.2) is 9.84 Å². The van der Waals surface area contributed by atoms with Gasteiger partial charge in [0, 0.05) is 31.5 Å². The van der Waals surface area contributed by atoms with E-state index < -0.39 is 56.2 Å². The second-order valence-electron chi connectivity index (χ2n) is 14.6. The number of rotatable bonds is 14. The van der Waals surface area contributed by atoms with Crippen molar-refractivity contribution in [2.75, 3.05) is 32.6 Å². The fraction of sp³-hybridized carbons (Fsp3) is 0.735. The van der Waals surface area contributed by atoms with Crippen molar-refractivity contribution in [2.45, 2.75) is 115 Å². The number of aliphatic hydroxyl groups is 1. The normalized spacial score (nSPS) is 23.0. The van der Waals surface area contributed by atoms with E-state index >= 15 is 0 Å². The van der Waals surface area contributed by atoms with Crippen LogP contribution in [0.25, 0.3) is 0 Å². The Morgan fingerprint density at radius 2 is 1.65 bits per heavy atom. The summed E-state index contributed by atoms with van der Waals surface area (Å²) >= 11 is 0. The second-order valence-corrected chi connectivity index (χ2v) is 17.2. The zero-order valence-electron chi connectivity index (χ0n) is 28.7. The summed E-state index contributed by atoms with van der Waals surface area (Å²) in [6, 6.07) is 6.67. The number of ether oxygens (including phenoxy) is 1. The fourth-order valence-electron chi connectivity index (χ4n) is 6.58. The van der Waals surface area contributed by atoms with Crippen LogP contribution in [-0.2, 0) is 35.4 Å². The Bertz CT molecular complexity index is 1280. The predicted octanol–water partition coefficient (Wildman–Crippen LogP) is 2.21. The minimum absolute atomic E-state index is 0.0701. The van der Waals surface area contributed by atoms with Crippen LogP contribution in [0.2, 0.25) is 0 Å². The standard InChI is InChI=1S/C34H56N4O7S/c1-8-45-22-29(40)36-30(34(5,6)46(7,43)44)32(42)35-26(18-23-14-10-9-11-15-23)28(39)21-38-20-25-17-13-12-16-24(25)19-27(38)31(41)37-33(2,3)4/h9-11,14-15,24-28,30,39H,8,12-13,16-22H2,1-7H3,(H,35,42)(H,36,40)(H,37,41)/t24?,25?,26-,27-,28+,30+/m0/s1. The molecule has 3 rings (SSSR count). The van der Waals surface area contributed by atoms with E-state index in [1.54, 1.807) is 6.92 Å². The summed E-state index contributed by atoms with van der Waals surface area (Å²) in [7, 11) is -3.83. The van der Waals surface area contributed by atoms with Crippen molar-refractivity contribution < 1.29 is 32.6 Å². The number of piperidine rings is 1. The number of hydrogen-bond donors (Lipinski definition) is 4. The maximum atomic E-state index is 13.9. The summed E-state index contributed by atoms with van der Waals surface area (Å²) in [5.74, 6) is -0.534. The Kier molecular flexibility index (Phi) is 13.2. The van der Waals surface area contributed by atoms with E-state index in [4.69, 9.17) is 4.74 Å². The van der Waals surface area contributed by atoms with Gasteiger partial charge in [-0.2, -0.15) is 0 Å². The van der Waals surface area contributed by atoms with E-state index in [9.17, 15) is 27.9 Å².